The summed E-state index contributed by atoms with van der Waals surface area (Å²) in [4.78, 5) is 18.1. The minimum atomic E-state index is -4.52. The molecule has 1 aromatic carbocycles. The third-order valence-electron chi connectivity index (χ3n) is 4.57. The van der Waals surface area contributed by atoms with Gasteiger partial charge in [-0.15, -0.1) is 0 Å². The minimum Gasteiger partial charge on any atom is -0.323 e. The second-order valence-corrected chi connectivity index (χ2v) is 7.58. The molecule has 0 bridgehead atoms. The second-order valence-electron chi connectivity index (χ2n) is 7.58. The Morgan fingerprint density at radius 2 is 1.96 bits per heavy atom. The average Bonchev–Trinajstić information content (AvgIpc) is 3.06. The largest absolute Gasteiger partial charge is 0.416 e. The monoisotopic (exact) mass is 383 g/mol. The van der Waals surface area contributed by atoms with Gasteiger partial charge in [-0.05, 0) is 37.6 Å². The summed E-state index contributed by atoms with van der Waals surface area (Å²) in [6.45, 7) is 8.22. The van der Waals surface area contributed by atoms with E-state index in [9.17, 15) is 18.0 Å². The van der Waals surface area contributed by atoms with Crippen LogP contribution in [0.5, 0.6) is 0 Å². The molecule has 0 spiro atoms. The molecule has 1 amide bonds. The first-order valence-electron chi connectivity index (χ1n) is 8.46. The molecule has 1 aromatic heterocycles. The van der Waals surface area contributed by atoms with Crippen molar-refractivity contribution in [2.24, 2.45) is 5.41 Å². The number of halogens is 3. The predicted octanol–water partition coefficient (Wildman–Crippen LogP) is 3.59. The van der Waals surface area contributed by atoms with Crippen LogP contribution in [0.4, 0.5) is 18.9 Å². The first-order chi connectivity index (χ1) is 12.4. The lowest BCUT2D eigenvalue weighted by molar-refractivity contribution is -0.137. The molecule has 1 atom stereocenters. The van der Waals surface area contributed by atoms with Gasteiger partial charge in [0.25, 0.3) is 0 Å². The van der Waals surface area contributed by atoms with Crippen LogP contribution in [0.25, 0.3) is 5.69 Å². The number of aromatic nitrogens is 3. The average molecular weight is 383 g/mol. The van der Waals surface area contributed by atoms with Crippen molar-refractivity contribution in [2.45, 2.75) is 39.9 Å². The summed E-state index contributed by atoms with van der Waals surface area (Å²) in [6.07, 6.45) is -1.90. The number of nitrogens with one attached hydrogen (secondary N) is 1. The maximum absolute atomic E-state index is 13.1. The summed E-state index contributed by atoms with van der Waals surface area (Å²) >= 11 is 0. The van der Waals surface area contributed by atoms with Crippen molar-refractivity contribution in [1.29, 1.82) is 0 Å². The van der Waals surface area contributed by atoms with Crippen molar-refractivity contribution < 1.29 is 18.0 Å². The Labute approximate surface area is 156 Å². The quantitative estimate of drug-likeness (QED) is 0.857. The van der Waals surface area contributed by atoms with Gasteiger partial charge in [0.05, 0.1) is 23.5 Å². The Bertz CT molecular complexity index is 781. The number of hydrogen-bond acceptors (Lipinski definition) is 4. The highest BCUT2D eigenvalue weighted by Crippen LogP contribution is 2.33. The van der Waals surface area contributed by atoms with Crippen LogP contribution in [0.2, 0.25) is 0 Å². The third kappa shape index (κ3) is 5.29. The molecular formula is C18H24F3N5O. The predicted molar refractivity (Wildman–Crippen MR) is 96.5 cm³/mol. The topological polar surface area (TPSA) is 63.1 Å². The van der Waals surface area contributed by atoms with Crippen LogP contribution in [0.3, 0.4) is 0 Å². The van der Waals surface area contributed by atoms with E-state index < -0.39 is 17.6 Å². The molecule has 2 rings (SSSR count). The highest BCUT2D eigenvalue weighted by molar-refractivity contribution is 5.94. The molecule has 0 radical (unpaired) electrons. The van der Waals surface area contributed by atoms with Crippen LogP contribution in [0.1, 0.15) is 33.3 Å². The zero-order valence-corrected chi connectivity index (χ0v) is 16.0. The molecule has 0 aliphatic heterocycles. The zero-order chi connectivity index (χ0) is 20.4. The smallest absolute Gasteiger partial charge is 0.323 e. The van der Waals surface area contributed by atoms with Crippen molar-refractivity contribution in [3.8, 4) is 5.69 Å². The molecule has 0 saturated carbocycles. The number of carbonyl (C=O) groups is 1. The number of rotatable bonds is 5. The molecule has 27 heavy (non-hydrogen) atoms. The summed E-state index contributed by atoms with van der Waals surface area (Å²) in [5, 5.41) is 6.51. The van der Waals surface area contributed by atoms with E-state index in [1.807, 2.05) is 11.8 Å². The molecule has 1 N–H and O–H groups in total. The third-order valence-corrected chi connectivity index (χ3v) is 4.57. The van der Waals surface area contributed by atoms with E-state index in [1.165, 1.54) is 23.4 Å². The van der Waals surface area contributed by atoms with Gasteiger partial charge in [-0.2, -0.15) is 18.3 Å². The number of benzene rings is 1. The van der Waals surface area contributed by atoms with Gasteiger partial charge in [0.15, 0.2) is 0 Å². The van der Waals surface area contributed by atoms with Crippen molar-refractivity contribution in [2.75, 3.05) is 18.9 Å². The number of hydrogen-bond donors (Lipinski definition) is 1. The molecule has 1 unspecified atom stereocenters. The van der Waals surface area contributed by atoms with E-state index in [-0.39, 0.29) is 23.7 Å². The van der Waals surface area contributed by atoms with Crippen LogP contribution in [0.15, 0.2) is 30.9 Å². The summed E-state index contributed by atoms with van der Waals surface area (Å²) in [5.41, 5.74) is -0.562. The lowest BCUT2D eigenvalue weighted by Crippen LogP contribution is -2.43. The SMILES string of the molecule is CC(N(C)CC(=O)Nc1cc(C(F)(F)F)ccc1-n1cncn1)C(C)(C)C. The zero-order valence-electron chi connectivity index (χ0n) is 16.0. The molecular weight excluding hydrogens is 359 g/mol. The van der Waals surface area contributed by atoms with Gasteiger partial charge in [-0.1, -0.05) is 20.8 Å². The van der Waals surface area contributed by atoms with E-state index in [1.54, 1.807) is 7.05 Å². The van der Waals surface area contributed by atoms with Crippen molar-refractivity contribution >= 4 is 11.6 Å². The number of anilines is 1. The Morgan fingerprint density at radius 1 is 1.30 bits per heavy atom. The number of amides is 1. The second kappa shape index (κ2) is 7.67. The van der Waals surface area contributed by atoms with Crippen molar-refractivity contribution in [3.05, 3.63) is 36.4 Å². The number of likely N-dealkylation sites (N-methyl/N-ethyl adjacent to an activating group) is 1. The summed E-state index contributed by atoms with van der Waals surface area (Å²) in [6, 6.07) is 3.21. The maximum atomic E-state index is 13.1. The van der Waals surface area contributed by atoms with Crippen molar-refractivity contribution in [1.82, 2.24) is 19.7 Å². The fourth-order valence-corrected chi connectivity index (χ4v) is 2.56. The molecule has 0 aliphatic carbocycles. The highest BCUT2D eigenvalue weighted by atomic mass is 19.4. The standard InChI is InChI=1S/C18H24F3N5O/c1-12(17(2,3)4)25(5)9-16(27)24-14-8-13(18(19,20)21)6-7-15(14)26-11-22-10-23-26/h6-8,10-12H,9H2,1-5H3,(H,24,27). The molecule has 148 valence electrons. The van der Waals surface area contributed by atoms with E-state index in [2.05, 4.69) is 36.2 Å². The van der Waals surface area contributed by atoms with Gasteiger partial charge in [-0.25, -0.2) is 9.67 Å². The fraction of sp³-hybridized carbons (Fsp3) is 0.500. The molecule has 6 nitrogen and oxygen atoms in total. The molecule has 0 fully saturated rings. The highest BCUT2D eigenvalue weighted by Gasteiger charge is 2.31. The van der Waals surface area contributed by atoms with Crippen LogP contribution in [0, 0.1) is 5.41 Å². The van der Waals surface area contributed by atoms with Gasteiger partial charge in [0.2, 0.25) is 5.91 Å². The Hall–Kier alpha value is -2.42. The fourth-order valence-electron chi connectivity index (χ4n) is 2.56. The normalized spacial score (nSPS) is 13.7. The van der Waals surface area contributed by atoms with Crippen molar-refractivity contribution in [3.63, 3.8) is 0 Å². The van der Waals surface area contributed by atoms with Gasteiger partial charge < -0.3 is 5.32 Å². The minimum absolute atomic E-state index is 0.0251. The Balaban J connectivity index is 2.26. The molecule has 0 saturated heterocycles. The van der Waals surface area contributed by atoms with Crippen LogP contribution in [-0.4, -0.2) is 45.2 Å². The van der Waals surface area contributed by atoms with Crippen LogP contribution < -0.4 is 5.32 Å². The number of alkyl halides is 3. The van der Waals surface area contributed by atoms with E-state index in [0.29, 0.717) is 5.69 Å². The molecule has 2 aromatic rings. The maximum Gasteiger partial charge on any atom is 0.416 e. The Morgan fingerprint density at radius 3 is 2.48 bits per heavy atom. The van der Waals surface area contributed by atoms with Crippen LogP contribution in [-0.2, 0) is 11.0 Å². The van der Waals surface area contributed by atoms with E-state index in [4.69, 9.17) is 0 Å². The Kier molecular flexibility index (Phi) is 5.94. The van der Waals surface area contributed by atoms with Gasteiger partial charge >= 0.3 is 6.18 Å². The van der Waals surface area contributed by atoms with E-state index in [0.717, 1.165) is 12.1 Å². The van der Waals surface area contributed by atoms with E-state index >= 15 is 0 Å². The summed E-state index contributed by atoms with van der Waals surface area (Å²) in [5.74, 6) is -0.408. The molecule has 0 aliphatic rings. The summed E-state index contributed by atoms with van der Waals surface area (Å²) in [7, 11) is 1.81. The first kappa shape index (κ1) is 20.9. The lowest BCUT2D eigenvalue weighted by atomic mass is 9.87. The van der Waals surface area contributed by atoms with Gasteiger partial charge in [0, 0.05) is 6.04 Å². The number of nitrogens with zero attached hydrogens (tertiary/aromatic N) is 4. The first-order valence-corrected chi connectivity index (χ1v) is 8.46. The van der Waals surface area contributed by atoms with Gasteiger partial charge in [-0.3, -0.25) is 9.69 Å². The molecule has 1 heterocycles. The molecule has 9 heteroatoms. The number of carbonyl (C=O) groups excluding carboxylic acids is 1. The van der Waals surface area contributed by atoms with Crippen LogP contribution >= 0.6 is 0 Å². The van der Waals surface area contributed by atoms with Gasteiger partial charge in [0.1, 0.15) is 12.7 Å². The summed E-state index contributed by atoms with van der Waals surface area (Å²) < 4.78 is 40.5. The lowest BCUT2D eigenvalue weighted by Gasteiger charge is -2.34.